The van der Waals surface area contributed by atoms with Gasteiger partial charge in [-0.15, -0.1) is 5.10 Å². The van der Waals surface area contributed by atoms with Crippen LogP contribution in [0.3, 0.4) is 0 Å². The summed E-state index contributed by atoms with van der Waals surface area (Å²) in [7, 11) is 0. The average molecular weight is 381 g/mol. The summed E-state index contributed by atoms with van der Waals surface area (Å²) in [5.41, 5.74) is 1.33. The van der Waals surface area contributed by atoms with Crippen LogP contribution in [0, 0.1) is 0 Å². The molecular formula is C19H15N3O6. The van der Waals surface area contributed by atoms with Crippen molar-refractivity contribution < 1.29 is 28.2 Å². The molecule has 2 aliphatic heterocycles. The van der Waals surface area contributed by atoms with E-state index in [2.05, 4.69) is 15.5 Å². The highest BCUT2D eigenvalue weighted by Crippen LogP contribution is 2.33. The summed E-state index contributed by atoms with van der Waals surface area (Å²) < 4.78 is 27.1. The smallest absolute Gasteiger partial charge is 0.322 e. The van der Waals surface area contributed by atoms with Crippen molar-refractivity contribution in [2.75, 3.05) is 25.3 Å². The summed E-state index contributed by atoms with van der Waals surface area (Å²) in [6.07, 6.45) is 0.406. The molecule has 0 saturated heterocycles. The van der Waals surface area contributed by atoms with Crippen molar-refractivity contribution in [3.63, 3.8) is 0 Å². The zero-order chi connectivity index (χ0) is 18.9. The largest absolute Gasteiger partial charge is 0.486 e. The third-order valence-electron chi connectivity index (χ3n) is 4.28. The Morgan fingerprint density at radius 3 is 2.57 bits per heavy atom. The van der Waals surface area contributed by atoms with E-state index in [4.69, 9.17) is 23.4 Å². The number of rotatable bonds is 4. The Hall–Kier alpha value is -3.75. The quantitative estimate of drug-likeness (QED) is 0.735. The molecule has 0 spiro atoms. The summed E-state index contributed by atoms with van der Waals surface area (Å²) in [6.45, 7) is 1.21. The predicted octanol–water partition coefficient (Wildman–Crippen LogP) is 2.41. The van der Waals surface area contributed by atoms with E-state index >= 15 is 0 Å². The van der Waals surface area contributed by atoms with Gasteiger partial charge in [0.25, 0.3) is 5.91 Å². The zero-order valence-corrected chi connectivity index (χ0v) is 14.6. The van der Waals surface area contributed by atoms with E-state index in [1.165, 1.54) is 0 Å². The number of amides is 1. The van der Waals surface area contributed by atoms with Gasteiger partial charge < -0.3 is 23.4 Å². The van der Waals surface area contributed by atoms with E-state index in [1.54, 1.807) is 18.2 Å². The van der Waals surface area contributed by atoms with Gasteiger partial charge in [0.05, 0.1) is 6.42 Å². The van der Waals surface area contributed by atoms with Crippen LogP contribution in [0.5, 0.6) is 23.0 Å². The molecule has 142 valence electrons. The van der Waals surface area contributed by atoms with Gasteiger partial charge in [-0.1, -0.05) is 11.2 Å². The van der Waals surface area contributed by atoms with Crippen LogP contribution >= 0.6 is 0 Å². The number of hydrogen-bond donors (Lipinski definition) is 1. The number of anilines is 1. The number of carbonyl (C=O) groups excluding carboxylic acids is 1. The average Bonchev–Trinajstić information content (AvgIpc) is 3.36. The maximum Gasteiger partial charge on any atom is 0.322 e. The van der Waals surface area contributed by atoms with Crippen LogP contribution in [-0.2, 0) is 6.42 Å². The lowest BCUT2D eigenvalue weighted by Crippen LogP contribution is -2.15. The first-order valence-corrected chi connectivity index (χ1v) is 8.66. The van der Waals surface area contributed by atoms with Crippen LogP contribution < -0.4 is 24.3 Å². The van der Waals surface area contributed by atoms with Gasteiger partial charge in [0, 0.05) is 5.56 Å². The topological polar surface area (TPSA) is 105 Å². The Balaban J connectivity index is 1.26. The second-order valence-electron chi connectivity index (χ2n) is 6.18. The fourth-order valence-corrected chi connectivity index (χ4v) is 2.95. The summed E-state index contributed by atoms with van der Waals surface area (Å²) in [4.78, 5) is 12.4. The molecule has 0 fully saturated rings. The third-order valence-corrected chi connectivity index (χ3v) is 4.28. The van der Waals surface area contributed by atoms with Crippen molar-refractivity contribution >= 4 is 11.9 Å². The first-order valence-electron chi connectivity index (χ1n) is 8.66. The Labute approximate surface area is 159 Å². The number of fused-ring (bicyclic) bond motifs is 2. The molecule has 2 aliphatic rings. The van der Waals surface area contributed by atoms with Crippen LogP contribution in [0.25, 0.3) is 0 Å². The van der Waals surface area contributed by atoms with Gasteiger partial charge in [0.1, 0.15) is 13.2 Å². The first-order chi connectivity index (χ1) is 13.7. The van der Waals surface area contributed by atoms with Crippen molar-refractivity contribution in [3.8, 4) is 23.0 Å². The molecule has 0 radical (unpaired) electrons. The van der Waals surface area contributed by atoms with Crippen LogP contribution in [0.2, 0.25) is 0 Å². The molecule has 1 amide bonds. The van der Waals surface area contributed by atoms with E-state index in [1.807, 2.05) is 18.2 Å². The molecule has 1 aromatic heterocycles. The predicted molar refractivity (Wildman–Crippen MR) is 95.1 cm³/mol. The molecule has 0 bridgehead atoms. The minimum atomic E-state index is -0.382. The summed E-state index contributed by atoms with van der Waals surface area (Å²) >= 11 is 0. The van der Waals surface area contributed by atoms with E-state index in [0.717, 1.165) is 11.3 Å². The van der Waals surface area contributed by atoms with Gasteiger partial charge >= 0.3 is 6.01 Å². The Morgan fingerprint density at radius 2 is 1.64 bits per heavy atom. The lowest BCUT2D eigenvalue weighted by atomic mass is 10.1. The molecule has 0 unspecified atom stereocenters. The highest BCUT2D eigenvalue weighted by atomic mass is 16.7. The van der Waals surface area contributed by atoms with Gasteiger partial charge in [-0.05, 0) is 35.9 Å². The van der Waals surface area contributed by atoms with Crippen molar-refractivity contribution in [1.29, 1.82) is 0 Å². The minimum absolute atomic E-state index is 0.0233. The molecular weight excluding hydrogens is 366 g/mol. The number of benzene rings is 2. The molecule has 0 atom stereocenters. The maximum absolute atomic E-state index is 12.4. The molecule has 28 heavy (non-hydrogen) atoms. The molecule has 5 rings (SSSR count). The summed E-state index contributed by atoms with van der Waals surface area (Å²) in [5.74, 6) is 2.54. The Kier molecular flexibility index (Phi) is 3.97. The number of nitrogens with zero attached hydrogens (tertiary/aromatic N) is 2. The molecule has 3 aromatic rings. The van der Waals surface area contributed by atoms with Gasteiger partial charge in [0.2, 0.25) is 12.7 Å². The third kappa shape index (κ3) is 3.18. The van der Waals surface area contributed by atoms with E-state index in [-0.39, 0.29) is 18.7 Å². The molecule has 2 aromatic carbocycles. The SMILES string of the molecule is O=C(Nc1nnc(Cc2ccc3c(c2)OCCO3)o1)c1ccc2c(c1)OCO2. The fourth-order valence-electron chi connectivity index (χ4n) is 2.95. The first kappa shape index (κ1) is 16.4. The summed E-state index contributed by atoms with van der Waals surface area (Å²) in [6, 6.07) is 10.6. The van der Waals surface area contributed by atoms with Crippen LogP contribution in [-0.4, -0.2) is 36.1 Å². The van der Waals surface area contributed by atoms with E-state index in [9.17, 15) is 4.79 Å². The number of nitrogens with one attached hydrogen (secondary N) is 1. The molecule has 0 aliphatic carbocycles. The van der Waals surface area contributed by atoms with Gasteiger partial charge in [0.15, 0.2) is 23.0 Å². The fraction of sp³-hybridized carbons (Fsp3) is 0.211. The minimum Gasteiger partial charge on any atom is -0.486 e. The van der Waals surface area contributed by atoms with Crippen LogP contribution in [0.1, 0.15) is 21.8 Å². The van der Waals surface area contributed by atoms with Crippen molar-refractivity contribution in [3.05, 3.63) is 53.4 Å². The van der Waals surface area contributed by atoms with Gasteiger partial charge in [-0.25, -0.2) is 0 Å². The maximum atomic E-state index is 12.4. The molecule has 0 saturated carbocycles. The van der Waals surface area contributed by atoms with Gasteiger partial charge in [-0.2, -0.15) is 0 Å². The highest BCUT2D eigenvalue weighted by molar-refractivity contribution is 6.03. The number of carbonyl (C=O) groups is 1. The van der Waals surface area contributed by atoms with Crippen molar-refractivity contribution in [2.24, 2.45) is 0 Å². The number of aromatic nitrogens is 2. The van der Waals surface area contributed by atoms with Crippen LogP contribution in [0.4, 0.5) is 6.01 Å². The summed E-state index contributed by atoms with van der Waals surface area (Å²) in [5, 5.41) is 10.4. The van der Waals surface area contributed by atoms with E-state index < -0.39 is 0 Å². The molecule has 1 N–H and O–H groups in total. The Morgan fingerprint density at radius 1 is 0.893 bits per heavy atom. The van der Waals surface area contributed by atoms with Gasteiger partial charge in [-0.3, -0.25) is 10.1 Å². The number of ether oxygens (including phenoxy) is 4. The molecule has 9 heteroatoms. The van der Waals surface area contributed by atoms with Crippen LogP contribution in [0.15, 0.2) is 40.8 Å². The highest BCUT2D eigenvalue weighted by Gasteiger charge is 2.18. The monoisotopic (exact) mass is 381 g/mol. The standard InChI is InChI=1S/C19H15N3O6/c23-18(12-2-4-14-16(9-12)27-10-26-14)20-19-22-21-17(28-19)8-11-1-3-13-15(7-11)25-6-5-24-13/h1-4,7,9H,5-6,8,10H2,(H,20,22,23). The molecule has 3 heterocycles. The normalized spacial score (nSPS) is 14.0. The van der Waals surface area contributed by atoms with E-state index in [0.29, 0.717) is 48.3 Å². The van der Waals surface area contributed by atoms with Crippen molar-refractivity contribution in [1.82, 2.24) is 10.2 Å². The number of hydrogen-bond acceptors (Lipinski definition) is 8. The zero-order valence-electron chi connectivity index (χ0n) is 14.6. The molecule has 9 nitrogen and oxygen atoms in total. The Bertz CT molecular complexity index is 1050. The van der Waals surface area contributed by atoms with Crippen molar-refractivity contribution in [2.45, 2.75) is 6.42 Å². The second kappa shape index (κ2) is 6.76. The lowest BCUT2D eigenvalue weighted by Gasteiger charge is -2.18. The second-order valence-corrected chi connectivity index (χ2v) is 6.18. The lowest BCUT2D eigenvalue weighted by molar-refractivity contribution is 0.102.